The number of halogens is 2. The lowest BCUT2D eigenvalue weighted by Crippen LogP contribution is -2.01. The van der Waals surface area contributed by atoms with Gasteiger partial charge in [-0.3, -0.25) is 0 Å². The van der Waals surface area contributed by atoms with Gasteiger partial charge in [0.1, 0.15) is 0 Å². The van der Waals surface area contributed by atoms with Gasteiger partial charge >= 0.3 is 0 Å². The van der Waals surface area contributed by atoms with Gasteiger partial charge in [0.2, 0.25) is 0 Å². The molecule has 15 heavy (non-hydrogen) atoms. The minimum absolute atomic E-state index is 0.278. The number of rotatable bonds is 5. The van der Waals surface area contributed by atoms with Gasteiger partial charge in [-0.05, 0) is 19.1 Å². The van der Waals surface area contributed by atoms with Crippen molar-refractivity contribution in [3.05, 3.63) is 35.1 Å². The highest BCUT2D eigenvalue weighted by atomic mass is 79.9. The molecule has 0 saturated carbocycles. The molecule has 0 aromatic heterocycles. The fraction of sp³-hybridized carbons (Fsp3) is 0.273. The zero-order valence-electron chi connectivity index (χ0n) is 8.52. The van der Waals surface area contributed by atoms with Crippen LogP contribution in [0.3, 0.4) is 0 Å². The van der Waals surface area contributed by atoms with E-state index < -0.39 is 0 Å². The first kappa shape index (κ1) is 12.0. The first-order valence-corrected chi connectivity index (χ1v) is 5.42. The van der Waals surface area contributed by atoms with Crippen LogP contribution in [0.25, 0.3) is 0 Å². The van der Waals surface area contributed by atoms with E-state index in [1.165, 1.54) is 6.07 Å². The number of anilines is 1. The van der Waals surface area contributed by atoms with E-state index in [2.05, 4.69) is 27.8 Å². The van der Waals surface area contributed by atoms with Crippen molar-refractivity contribution in [1.82, 2.24) is 0 Å². The average Bonchev–Trinajstić information content (AvgIpc) is 2.19. The predicted octanol–water partition coefficient (Wildman–Crippen LogP) is 3.54. The summed E-state index contributed by atoms with van der Waals surface area (Å²) in [5.41, 5.74) is 0.705. The molecule has 0 amide bonds. The first-order valence-electron chi connectivity index (χ1n) is 4.63. The lowest BCUT2D eigenvalue weighted by atomic mass is 10.3. The van der Waals surface area contributed by atoms with Crippen LogP contribution < -0.4 is 10.1 Å². The van der Waals surface area contributed by atoms with E-state index in [-0.39, 0.29) is 11.6 Å². The van der Waals surface area contributed by atoms with E-state index in [0.717, 1.165) is 4.48 Å². The van der Waals surface area contributed by atoms with E-state index >= 15 is 0 Å². The van der Waals surface area contributed by atoms with Gasteiger partial charge in [0.05, 0.1) is 6.61 Å². The van der Waals surface area contributed by atoms with Crippen LogP contribution in [0.4, 0.5) is 10.1 Å². The van der Waals surface area contributed by atoms with Gasteiger partial charge < -0.3 is 10.1 Å². The number of hydrogen-bond donors (Lipinski definition) is 1. The molecular formula is C11H13BrFNO. The number of benzene rings is 1. The van der Waals surface area contributed by atoms with Gasteiger partial charge in [-0.15, -0.1) is 0 Å². The van der Waals surface area contributed by atoms with Crippen LogP contribution in [-0.2, 0) is 0 Å². The van der Waals surface area contributed by atoms with Gasteiger partial charge in [0.25, 0.3) is 0 Å². The standard InChI is InChI=1S/C11H13BrFNO/c1-3-15-11-5-4-9(6-10(11)13)14-7-8(2)12/h4-6,14H,2-3,7H2,1H3. The molecule has 0 bridgehead atoms. The molecule has 1 aromatic carbocycles. The Balaban J connectivity index is 2.68. The normalized spacial score (nSPS) is 9.80. The molecule has 0 unspecified atom stereocenters. The quantitative estimate of drug-likeness (QED) is 0.886. The third-order valence-corrected chi connectivity index (χ3v) is 2.00. The predicted molar refractivity (Wildman–Crippen MR) is 64.1 cm³/mol. The summed E-state index contributed by atoms with van der Waals surface area (Å²) >= 11 is 3.21. The van der Waals surface area contributed by atoms with E-state index in [4.69, 9.17) is 4.74 Å². The highest BCUT2D eigenvalue weighted by Gasteiger charge is 2.03. The molecule has 1 rings (SSSR count). The van der Waals surface area contributed by atoms with Crippen LogP contribution in [0.5, 0.6) is 5.75 Å². The molecule has 0 spiro atoms. The number of ether oxygens (including phenoxy) is 1. The fourth-order valence-corrected chi connectivity index (χ4v) is 1.22. The fourth-order valence-electron chi connectivity index (χ4n) is 1.08. The molecule has 1 aromatic rings. The highest BCUT2D eigenvalue weighted by Crippen LogP contribution is 2.21. The average molecular weight is 274 g/mol. The van der Waals surface area contributed by atoms with Crippen molar-refractivity contribution in [2.24, 2.45) is 0 Å². The Bertz CT molecular complexity index is 354. The summed E-state index contributed by atoms with van der Waals surface area (Å²) in [6.45, 7) is 6.52. The molecule has 0 fully saturated rings. The molecular weight excluding hydrogens is 261 g/mol. The minimum Gasteiger partial charge on any atom is -0.491 e. The van der Waals surface area contributed by atoms with E-state index in [9.17, 15) is 4.39 Å². The Morgan fingerprint density at radius 3 is 2.87 bits per heavy atom. The highest BCUT2D eigenvalue weighted by molar-refractivity contribution is 9.11. The third kappa shape index (κ3) is 3.91. The van der Waals surface area contributed by atoms with Crippen LogP contribution in [0.1, 0.15) is 6.92 Å². The maximum absolute atomic E-state index is 13.4. The van der Waals surface area contributed by atoms with Crippen LogP contribution in [-0.4, -0.2) is 13.2 Å². The molecule has 0 aliphatic rings. The lowest BCUT2D eigenvalue weighted by molar-refractivity contribution is 0.321. The molecule has 1 N–H and O–H groups in total. The monoisotopic (exact) mass is 273 g/mol. The van der Waals surface area contributed by atoms with Crippen LogP contribution >= 0.6 is 15.9 Å². The topological polar surface area (TPSA) is 21.3 Å². The largest absolute Gasteiger partial charge is 0.491 e. The minimum atomic E-state index is -0.359. The van der Waals surface area contributed by atoms with Crippen molar-refractivity contribution in [1.29, 1.82) is 0 Å². The summed E-state index contributed by atoms with van der Waals surface area (Å²) in [5.74, 6) is -0.0808. The summed E-state index contributed by atoms with van der Waals surface area (Å²) in [6, 6.07) is 4.78. The molecule has 0 aliphatic carbocycles. The van der Waals surface area contributed by atoms with Gasteiger partial charge in [-0.25, -0.2) is 4.39 Å². The summed E-state index contributed by atoms with van der Waals surface area (Å²) < 4.78 is 19.3. The van der Waals surface area contributed by atoms with Crippen LogP contribution in [0.2, 0.25) is 0 Å². The summed E-state index contributed by atoms with van der Waals surface area (Å²) in [5, 5.41) is 3.01. The van der Waals surface area contributed by atoms with Crippen molar-refractivity contribution in [2.75, 3.05) is 18.5 Å². The molecule has 0 heterocycles. The SMILES string of the molecule is C=C(Br)CNc1ccc(OCC)c(F)c1. The van der Waals surface area contributed by atoms with Gasteiger partial charge in [-0.2, -0.15) is 0 Å². The van der Waals surface area contributed by atoms with Crippen molar-refractivity contribution in [3.8, 4) is 5.75 Å². The van der Waals surface area contributed by atoms with Gasteiger partial charge in [-0.1, -0.05) is 22.5 Å². The third-order valence-electron chi connectivity index (χ3n) is 1.72. The zero-order valence-corrected chi connectivity index (χ0v) is 10.1. The van der Waals surface area contributed by atoms with Crippen molar-refractivity contribution < 1.29 is 9.13 Å². The van der Waals surface area contributed by atoms with Crippen molar-refractivity contribution >= 4 is 21.6 Å². The Morgan fingerprint density at radius 2 is 2.33 bits per heavy atom. The molecule has 0 saturated heterocycles. The Morgan fingerprint density at radius 1 is 1.60 bits per heavy atom. The van der Waals surface area contributed by atoms with Gasteiger partial charge in [0, 0.05) is 22.8 Å². The van der Waals surface area contributed by atoms with E-state index in [1.807, 2.05) is 6.92 Å². The summed E-state index contributed by atoms with van der Waals surface area (Å²) in [6.07, 6.45) is 0. The maximum Gasteiger partial charge on any atom is 0.167 e. The van der Waals surface area contributed by atoms with Crippen LogP contribution in [0, 0.1) is 5.82 Å². The summed E-state index contributed by atoms with van der Waals surface area (Å²) in [7, 11) is 0. The second-order valence-electron chi connectivity index (χ2n) is 2.95. The van der Waals surface area contributed by atoms with Gasteiger partial charge in [0.15, 0.2) is 11.6 Å². The Kier molecular flexibility index (Phi) is 4.62. The molecule has 2 nitrogen and oxygen atoms in total. The molecule has 0 atom stereocenters. The van der Waals surface area contributed by atoms with E-state index in [1.54, 1.807) is 12.1 Å². The molecule has 0 radical (unpaired) electrons. The number of hydrogen-bond acceptors (Lipinski definition) is 2. The molecule has 4 heteroatoms. The Labute approximate surface area is 97.3 Å². The van der Waals surface area contributed by atoms with E-state index in [0.29, 0.717) is 18.8 Å². The second-order valence-corrected chi connectivity index (χ2v) is 4.07. The maximum atomic E-state index is 13.4. The first-order chi connectivity index (χ1) is 7.13. The number of nitrogens with one attached hydrogen (secondary N) is 1. The lowest BCUT2D eigenvalue weighted by Gasteiger charge is -2.08. The second kappa shape index (κ2) is 5.75. The van der Waals surface area contributed by atoms with Crippen molar-refractivity contribution in [2.45, 2.75) is 6.92 Å². The van der Waals surface area contributed by atoms with Crippen LogP contribution in [0.15, 0.2) is 29.3 Å². The molecule has 82 valence electrons. The summed E-state index contributed by atoms with van der Waals surface area (Å²) in [4.78, 5) is 0. The zero-order chi connectivity index (χ0) is 11.3. The smallest absolute Gasteiger partial charge is 0.167 e. The van der Waals surface area contributed by atoms with Crippen molar-refractivity contribution in [3.63, 3.8) is 0 Å². The molecule has 0 aliphatic heterocycles. The Hall–Kier alpha value is -1.03.